The van der Waals surface area contributed by atoms with Crippen LogP contribution in [0, 0.1) is 0 Å². The predicted molar refractivity (Wildman–Crippen MR) is 88.4 cm³/mol. The molecule has 7 heteroatoms. The minimum absolute atomic E-state index is 0.0534. The topological polar surface area (TPSA) is 75.7 Å². The van der Waals surface area contributed by atoms with Crippen LogP contribution in [0.5, 0.6) is 0 Å². The van der Waals surface area contributed by atoms with E-state index in [9.17, 15) is 14.4 Å². The molecule has 124 valence electrons. The first-order valence-electron chi connectivity index (χ1n) is 7.47. The second-order valence-corrected chi connectivity index (χ2v) is 6.38. The molecule has 1 N–H and O–H groups in total. The minimum Gasteiger partial charge on any atom is -0.439 e. The number of amides is 3. The van der Waals surface area contributed by atoms with Crippen molar-refractivity contribution in [1.82, 2.24) is 10.2 Å². The van der Waals surface area contributed by atoms with E-state index >= 15 is 0 Å². The molecule has 0 radical (unpaired) electrons. The van der Waals surface area contributed by atoms with Crippen molar-refractivity contribution < 1.29 is 19.1 Å². The molecule has 0 spiro atoms. The Morgan fingerprint density at radius 1 is 1.21 bits per heavy atom. The molecule has 1 saturated heterocycles. The number of nitrogens with zero attached hydrogens (tertiary/aromatic N) is 1. The molecule has 24 heavy (non-hydrogen) atoms. The van der Waals surface area contributed by atoms with Crippen LogP contribution in [0.25, 0.3) is 0 Å². The Balaban J connectivity index is 1.73. The second kappa shape index (κ2) is 7.27. The zero-order valence-corrected chi connectivity index (χ0v) is 13.6. The van der Waals surface area contributed by atoms with Gasteiger partial charge in [0, 0.05) is 4.88 Å². The van der Waals surface area contributed by atoms with Crippen molar-refractivity contribution in [3.05, 3.63) is 58.3 Å². The molecule has 6 nitrogen and oxygen atoms in total. The highest BCUT2D eigenvalue weighted by Crippen LogP contribution is 2.18. The van der Waals surface area contributed by atoms with Crippen molar-refractivity contribution in [2.75, 3.05) is 13.2 Å². The molecule has 0 aliphatic carbocycles. The lowest BCUT2D eigenvalue weighted by Crippen LogP contribution is -2.40. The number of rotatable bonds is 6. The summed E-state index contributed by atoms with van der Waals surface area (Å²) < 4.78 is 4.73. The lowest BCUT2D eigenvalue weighted by Gasteiger charge is -2.22. The fraction of sp³-hybridized carbons (Fsp3) is 0.235. The Labute approximate surface area is 143 Å². The Bertz CT molecular complexity index is 714. The third-order valence-corrected chi connectivity index (χ3v) is 4.53. The van der Waals surface area contributed by atoms with Gasteiger partial charge in [-0.1, -0.05) is 36.4 Å². The summed E-state index contributed by atoms with van der Waals surface area (Å²) in [4.78, 5) is 37.7. The number of cyclic esters (lactones) is 1. The molecular formula is C17H16N2O4S. The Hall–Kier alpha value is -2.67. The number of imide groups is 1. The van der Waals surface area contributed by atoms with Gasteiger partial charge in [-0.25, -0.2) is 9.69 Å². The van der Waals surface area contributed by atoms with Crippen molar-refractivity contribution in [3.63, 3.8) is 0 Å². The standard InChI is InChI=1S/C17H16N2O4S/c20-15(9-13-7-4-8-24-13)18-14(12-5-2-1-3-6-12)10-19-16(21)11-23-17(19)22/h1-8,14H,9-11H2,(H,18,20)/t14-/m1/s1. The molecule has 1 aliphatic heterocycles. The highest BCUT2D eigenvalue weighted by molar-refractivity contribution is 7.10. The number of hydrogen-bond acceptors (Lipinski definition) is 5. The molecule has 0 unspecified atom stereocenters. The fourth-order valence-electron chi connectivity index (χ4n) is 2.48. The van der Waals surface area contributed by atoms with Crippen molar-refractivity contribution in [1.29, 1.82) is 0 Å². The monoisotopic (exact) mass is 344 g/mol. The zero-order valence-electron chi connectivity index (χ0n) is 12.8. The summed E-state index contributed by atoms with van der Waals surface area (Å²) >= 11 is 1.51. The van der Waals surface area contributed by atoms with E-state index in [0.717, 1.165) is 15.3 Å². The van der Waals surface area contributed by atoms with Gasteiger partial charge in [0.2, 0.25) is 5.91 Å². The minimum atomic E-state index is -0.673. The summed E-state index contributed by atoms with van der Waals surface area (Å²) in [5.74, 6) is -0.556. The maximum absolute atomic E-state index is 12.3. The van der Waals surface area contributed by atoms with Crippen LogP contribution < -0.4 is 5.32 Å². The molecule has 1 atom stereocenters. The molecule has 2 heterocycles. The van der Waals surface area contributed by atoms with Crippen LogP contribution in [0.2, 0.25) is 0 Å². The summed E-state index contributed by atoms with van der Waals surface area (Å²) in [5, 5.41) is 4.82. The molecule has 1 aromatic carbocycles. The van der Waals surface area contributed by atoms with Gasteiger partial charge in [0.25, 0.3) is 5.91 Å². The second-order valence-electron chi connectivity index (χ2n) is 5.35. The van der Waals surface area contributed by atoms with E-state index in [1.54, 1.807) is 0 Å². The van der Waals surface area contributed by atoms with Crippen molar-refractivity contribution in [2.45, 2.75) is 12.5 Å². The molecule has 1 aromatic heterocycles. The Kier molecular flexibility index (Phi) is 4.90. The third-order valence-electron chi connectivity index (χ3n) is 3.66. The predicted octanol–water partition coefficient (Wildman–Crippen LogP) is 2.13. The average Bonchev–Trinajstić information content (AvgIpc) is 3.20. The van der Waals surface area contributed by atoms with E-state index < -0.39 is 18.0 Å². The van der Waals surface area contributed by atoms with Crippen LogP contribution in [0.4, 0.5) is 4.79 Å². The number of carbonyl (C=O) groups is 3. The Morgan fingerprint density at radius 2 is 2.00 bits per heavy atom. The number of thiophene rings is 1. The molecule has 1 fully saturated rings. The van der Waals surface area contributed by atoms with Gasteiger partial charge >= 0.3 is 6.09 Å². The van der Waals surface area contributed by atoms with E-state index in [4.69, 9.17) is 4.74 Å². The smallest absolute Gasteiger partial charge is 0.417 e. The van der Waals surface area contributed by atoms with Gasteiger partial charge < -0.3 is 10.1 Å². The molecule has 2 aromatic rings. The van der Waals surface area contributed by atoms with E-state index in [1.165, 1.54) is 11.3 Å². The highest BCUT2D eigenvalue weighted by Gasteiger charge is 2.33. The van der Waals surface area contributed by atoms with E-state index in [0.29, 0.717) is 0 Å². The van der Waals surface area contributed by atoms with Crippen LogP contribution in [0.3, 0.4) is 0 Å². The summed E-state index contributed by atoms with van der Waals surface area (Å²) in [6, 6.07) is 12.6. The van der Waals surface area contributed by atoms with Gasteiger partial charge in [0.05, 0.1) is 19.0 Å². The molecular weight excluding hydrogens is 328 g/mol. The van der Waals surface area contributed by atoms with Gasteiger partial charge in [-0.05, 0) is 17.0 Å². The van der Waals surface area contributed by atoms with Crippen LogP contribution in [-0.2, 0) is 20.7 Å². The molecule has 1 aliphatic rings. The van der Waals surface area contributed by atoms with E-state index in [-0.39, 0.29) is 25.5 Å². The maximum Gasteiger partial charge on any atom is 0.417 e. The number of nitrogens with one attached hydrogen (secondary N) is 1. The largest absolute Gasteiger partial charge is 0.439 e. The van der Waals surface area contributed by atoms with E-state index in [1.807, 2.05) is 47.8 Å². The first-order valence-corrected chi connectivity index (χ1v) is 8.35. The van der Waals surface area contributed by atoms with Gasteiger partial charge in [-0.3, -0.25) is 9.59 Å². The highest BCUT2D eigenvalue weighted by atomic mass is 32.1. The van der Waals surface area contributed by atoms with Crippen LogP contribution in [0.1, 0.15) is 16.5 Å². The number of hydrogen-bond donors (Lipinski definition) is 1. The van der Waals surface area contributed by atoms with Crippen LogP contribution in [0.15, 0.2) is 47.8 Å². The fourth-order valence-corrected chi connectivity index (χ4v) is 3.18. The van der Waals surface area contributed by atoms with Crippen molar-refractivity contribution in [3.8, 4) is 0 Å². The lowest BCUT2D eigenvalue weighted by atomic mass is 10.1. The third kappa shape index (κ3) is 3.80. The molecule has 3 rings (SSSR count). The quantitative estimate of drug-likeness (QED) is 0.871. The maximum atomic E-state index is 12.3. The van der Waals surface area contributed by atoms with Crippen molar-refractivity contribution in [2.24, 2.45) is 0 Å². The normalized spacial score (nSPS) is 15.2. The van der Waals surface area contributed by atoms with Gasteiger partial charge in [-0.2, -0.15) is 0 Å². The Morgan fingerprint density at radius 3 is 2.62 bits per heavy atom. The average molecular weight is 344 g/mol. The molecule has 3 amide bonds. The number of carbonyl (C=O) groups excluding carboxylic acids is 3. The number of benzene rings is 1. The van der Waals surface area contributed by atoms with Gasteiger partial charge in [-0.15, -0.1) is 11.3 Å². The van der Waals surface area contributed by atoms with Crippen molar-refractivity contribution >= 4 is 29.2 Å². The van der Waals surface area contributed by atoms with Crippen LogP contribution in [-0.4, -0.2) is 36.0 Å². The lowest BCUT2D eigenvalue weighted by molar-refractivity contribution is -0.127. The summed E-state index contributed by atoms with van der Waals surface area (Å²) in [6.07, 6.45) is -0.409. The summed E-state index contributed by atoms with van der Waals surface area (Å²) in [5.41, 5.74) is 0.824. The summed E-state index contributed by atoms with van der Waals surface area (Å²) in [6.45, 7) is -0.193. The van der Waals surface area contributed by atoms with E-state index in [2.05, 4.69) is 5.32 Å². The first-order chi connectivity index (χ1) is 11.6. The number of ether oxygens (including phenoxy) is 1. The van der Waals surface area contributed by atoms with Crippen LogP contribution >= 0.6 is 11.3 Å². The first kappa shape index (κ1) is 16.2. The van der Waals surface area contributed by atoms with Gasteiger partial charge in [0.1, 0.15) is 0 Å². The van der Waals surface area contributed by atoms with Gasteiger partial charge in [0.15, 0.2) is 6.61 Å². The molecule has 0 saturated carbocycles. The zero-order chi connectivity index (χ0) is 16.9. The summed E-state index contributed by atoms with van der Waals surface area (Å²) in [7, 11) is 0. The SMILES string of the molecule is O=C(Cc1cccs1)N[C@H](CN1C(=O)COC1=O)c1ccccc1. The molecule has 0 bridgehead atoms.